The van der Waals surface area contributed by atoms with Crippen LogP contribution in [0.25, 0.3) is 11.1 Å². The van der Waals surface area contributed by atoms with E-state index in [-0.39, 0.29) is 5.91 Å². The zero-order chi connectivity index (χ0) is 14.8. The molecule has 0 radical (unpaired) electrons. The van der Waals surface area contributed by atoms with Crippen LogP contribution >= 0.6 is 0 Å². The number of nitrogens with one attached hydrogen (secondary N) is 1. The Hall–Kier alpha value is -2.62. The van der Waals surface area contributed by atoms with Crippen LogP contribution in [0.2, 0.25) is 0 Å². The third-order valence-electron chi connectivity index (χ3n) is 3.40. The summed E-state index contributed by atoms with van der Waals surface area (Å²) in [7, 11) is 0. The van der Waals surface area contributed by atoms with Crippen molar-refractivity contribution in [3.05, 3.63) is 59.5 Å². The first kappa shape index (κ1) is 13.4. The van der Waals surface area contributed by atoms with Gasteiger partial charge in [-0.15, -0.1) is 0 Å². The quantitative estimate of drug-likeness (QED) is 0.790. The number of para-hydroxylation sites is 1. The van der Waals surface area contributed by atoms with Crippen LogP contribution in [0, 0.1) is 6.92 Å². The molecule has 0 atom stereocenters. The summed E-state index contributed by atoms with van der Waals surface area (Å²) in [6.07, 6.45) is 0.873. The van der Waals surface area contributed by atoms with E-state index in [2.05, 4.69) is 17.2 Å². The molecular formula is C17H16N2O2. The standard InChI is InChI=1S/C17H16N2O2/c1-3-12-6-4-5-7-14(12)19-17(20)13-8-9-16-15(10-13)18-11(2)21-16/h4-10H,3H2,1-2H3,(H,19,20). The van der Waals surface area contributed by atoms with Crippen molar-refractivity contribution in [1.82, 2.24) is 4.98 Å². The minimum atomic E-state index is -0.140. The first-order valence-corrected chi connectivity index (χ1v) is 6.94. The molecule has 1 aromatic heterocycles. The summed E-state index contributed by atoms with van der Waals surface area (Å²) < 4.78 is 5.41. The van der Waals surface area contributed by atoms with E-state index in [1.165, 1.54) is 0 Å². The van der Waals surface area contributed by atoms with Crippen molar-refractivity contribution in [3.8, 4) is 0 Å². The summed E-state index contributed by atoms with van der Waals surface area (Å²) >= 11 is 0. The molecule has 0 fully saturated rings. The van der Waals surface area contributed by atoms with Gasteiger partial charge in [-0.3, -0.25) is 4.79 Å². The lowest BCUT2D eigenvalue weighted by Gasteiger charge is -2.09. The Kier molecular flexibility index (Phi) is 3.44. The van der Waals surface area contributed by atoms with Gasteiger partial charge in [0.2, 0.25) is 0 Å². The van der Waals surface area contributed by atoms with Crippen LogP contribution < -0.4 is 5.32 Å². The number of anilines is 1. The van der Waals surface area contributed by atoms with E-state index in [9.17, 15) is 4.79 Å². The highest BCUT2D eigenvalue weighted by Crippen LogP contribution is 2.19. The second kappa shape index (κ2) is 5.40. The average Bonchev–Trinajstić information content (AvgIpc) is 2.86. The largest absolute Gasteiger partial charge is 0.441 e. The smallest absolute Gasteiger partial charge is 0.255 e. The number of hydrogen-bond acceptors (Lipinski definition) is 3. The SMILES string of the molecule is CCc1ccccc1NC(=O)c1ccc2oc(C)nc2c1. The van der Waals surface area contributed by atoms with Gasteiger partial charge in [0.15, 0.2) is 11.5 Å². The van der Waals surface area contributed by atoms with E-state index >= 15 is 0 Å². The summed E-state index contributed by atoms with van der Waals surface area (Å²) in [4.78, 5) is 16.6. The minimum Gasteiger partial charge on any atom is -0.441 e. The molecule has 3 rings (SSSR count). The first-order valence-electron chi connectivity index (χ1n) is 6.94. The molecule has 1 heterocycles. The van der Waals surface area contributed by atoms with E-state index in [1.54, 1.807) is 25.1 Å². The van der Waals surface area contributed by atoms with Gasteiger partial charge in [0.1, 0.15) is 5.52 Å². The second-order valence-corrected chi connectivity index (χ2v) is 4.88. The van der Waals surface area contributed by atoms with Crippen molar-refractivity contribution < 1.29 is 9.21 Å². The zero-order valence-corrected chi connectivity index (χ0v) is 12.0. The molecule has 3 aromatic rings. The highest BCUT2D eigenvalue weighted by atomic mass is 16.3. The Morgan fingerprint density at radius 1 is 1.24 bits per heavy atom. The van der Waals surface area contributed by atoms with E-state index in [0.717, 1.165) is 17.7 Å². The third-order valence-corrected chi connectivity index (χ3v) is 3.40. The summed E-state index contributed by atoms with van der Waals surface area (Å²) in [6, 6.07) is 13.1. The third kappa shape index (κ3) is 2.65. The summed E-state index contributed by atoms with van der Waals surface area (Å²) in [5.74, 6) is 0.456. The molecule has 1 amide bonds. The van der Waals surface area contributed by atoms with Crippen molar-refractivity contribution in [2.45, 2.75) is 20.3 Å². The van der Waals surface area contributed by atoms with Crippen molar-refractivity contribution in [3.63, 3.8) is 0 Å². The number of fused-ring (bicyclic) bond motifs is 1. The highest BCUT2D eigenvalue weighted by molar-refractivity contribution is 6.06. The van der Waals surface area contributed by atoms with Crippen molar-refractivity contribution in [2.24, 2.45) is 0 Å². The molecule has 0 aliphatic carbocycles. The summed E-state index contributed by atoms with van der Waals surface area (Å²) in [5, 5.41) is 2.95. The van der Waals surface area contributed by atoms with E-state index in [4.69, 9.17) is 4.42 Å². The molecule has 0 aliphatic heterocycles. The van der Waals surface area contributed by atoms with Gasteiger partial charge in [0.25, 0.3) is 5.91 Å². The molecule has 0 spiro atoms. The van der Waals surface area contributed by atoms with E-state index in [0.29, 0.717) is 22.6 Å². The molecule has 0 bridgehead atoms. The molecular weight excluding hydrogens is 264 g/mol. The lowest BCUT2D eigenvalue weighted by Crippen LogP contribution is -2.13. The number of oxazole rings is 1. The first-order chi connectivity index (χ1) is 10.2. The fraction of sp³-hybridized carbons (Fsp3) is 0.176. The van der Waals surface area contributed by atoms with Crippen LogP contribution in [0.1, 0.15) is 28.7 Å². The molecule has 0 saturated heterocycles. The maximum atomic E-state index is 12.4. The molecule has 4 heteroatoms. The van der Waals surface area contributed by atoms with Gasteiger partial charge in [-0.25, -0.2) is 4.98 Å². The number of hydrogen-bond donors (Lipinski definition) is 1. The normalized spacial score (nSPS) is 10.8. The number of rotatable bonds is 3. The second-order valence-electron chi connectivity index (χ2n) is 4.88. The van der Waals surface area contributed by atoms with E-state index < -0.39 is 0 Å². The van der Waals surface area contributed by atoms with E-state index in [1.807, 2.05) is 24.3 Å². The summed E-state index contributed by atoms with van der Waals surface area (Å²) in [5.41, 5.74) is 3.93. The van der Waals surface area contributed by atoms with Gasteiger partial charge in [-0.05, 0) is 36.2 Å². The Bertz CT molecular complexity index is 805. The molecule has 1 N–H and O–H groups in total. The Morgan fingerprint density at radius 2 is 2.05 bits per heavy atom. The molecule has 0 unspecified atom stereocenters. The maximum Gasteiger partial charge on any atom is 0.255 e. The lowest BCUT2D eigenvalue weighted by molar-refractivity contribution is 0.102. The van der Waals surface area contributed by atoms with Crippen LogP contribution in [0.15, 0.2) is 46.9 Å². The maximum absolute atomic E-state index is 12.4. The van der Waals surface area contributed by atoms with Gasteiger partial charge in [0, 0.05) is 18.2 Å². The molecule has 106 valence electrons. The van der Waals surface area contributed by atoms with Crippen molar-refractivity contribution >= 4 is 22.7 Å². The van der Waals surface area contributed by atoms with Crippen molar-refractivity contribution in [2.75, 3.05) is 5.32 Å². The molecule has 21 heavy (non-hydrogen) atoms. The number of benzene rings is 2. The van der Waals surface area contributed by atoms with Crippen molar-refractivity contribution in [1.29, 1.82) is 0 Å². The van der Waals surface area contributed by atoms with Gasteiger partial charge in [0.05, 0.1) is 0 Å². The highest BCUT2D eigenvalue weighted by Gasteiger charge is 2.11. The molecule has 4 nitrogen and oxygen atoms in total. The van der Waals surface area contributed by atoms with Gasteiger partial charge in [-0.1, -0.05) is 25.1 Å². The fourth-order valence-electron chi connectivity index (χ4n) is 2.33. The lowest BCUT2D eigenvalue weighted by atomic mass is 10.1. The van der Waals surface area contributed by atoms with Gasteiger partial charge in [-0.2, -0.15) is 0 Å². The Labute approximate surface area is 122 Å². The number of carbonyl (C=O) groups is 1. The molecule has 2 aromatic carbocycles. The number of aromatic nitrogens is 1. The van der Waals surface area contributed by atoms with Crippen LogP contribution in [0.4, 0.5) is 5.69 Å². The topological polar surface area (TPSA) is 55.1 Å². The zero-order valence-electron chi connectivity index (χ0n) is 12.0. The Balaban J connectivity index is 1.89. The van der Waals surface area contributed by atoms with Crippen LogP contribution in [-0.2, 0) is 6.42 Å². The summed E-state index contributed by atoms with van der Waals surface area (Å²) in [6.45, 7) is 3.85. The van der Waals surface area contributed by atoms with Crippen LogP contribution in [0.5, 0.6) is 0 Å². The molecule has 0 saturated carbocycles. The average molecular weight is 280 g/mol. The number of carbonyl (C=O) groups excluding carboxylic acids is 1. The fourth-order valence-corrected chi connectivity index (χ4v) is 2.33. The van der Waals surface area contributed by atoms with Crippen LogP contribution in [0.3, 0.4) is 0 Å². The number of amides is 1. The number of aryl methyl sites for hydroxylation is 2. The van der Waals surface area contributed by atoms with Gasteiger partial charge < -0.3 is 9.73 Å². The Morgan fingerprint density at radius 3 is 2.86 bits per heavy atom. The molecule has 0 aliphatic rings. The predicted molar refractivity (Wildman–Crippen MR) is 82.5 cm³/mol. The monoisotopic (exact) mass is 280 g/mol. The van der Waals surface area contributed by atoms with Gasteiger partial charge >= 0.3 is 0 Å². The van der Waals surface area contributed by atoms with Crippen LogP contribution in [-0.4, -0.2) is 10.9 Å². The number of nitrogens with zero attached hydrogens (tertiary/aromatic N) is 1. The predicted octanol–water partition coefficient (Wildman–Crippen LogP) is 3.95. The minimum absolute atomic E-state index is 0.140.